The molecule has 25 heavy (non-hydrogen) atoms. The average Bonchev–Trinajstić information content (AvgIpc) is 2.55. The Kier molecular flexibility index (Phi) is 5.98. The molecule has 0 bridgehead atoms. The van der Waals surface area contributed by atoms with Gasteiger partial charge in [0.05, 0.1) is 4.90 Å². The molecule has 0 saturated carbocycles. The first-order valence-corrected chi connectivity index (χ1v) is 9.61. The Balaban J connectivity index is 2.07. The van der Waals surface area contributed by atoms with Crippen LogP contribution in [0, 0.1) is 20.8 Å². The van der Waals surface area contributed by atoms with Crippen molar-refractivity contribution in [2.75, 3.05) is 12.4 Å². The van der Waals surface area contributed by atoms with Crippen molar-refractivity contribution in [1.82, 2.24) is 4.72 Å². The van der Waals surface area contributed by atoms with Crippen LogP contribution >= 0.6 is 0 Å². The lowest BCUT2D eigenvalue weighted by atomic mass is 10.0. The van der Waals surface area contributed by atoms with E-state index in [1.54, 1.807) is 19.1 Å². The van der Waals surface area contributed by atoms with Crippen molar-refractivity contribution >= 4 is 21.6 Å². The van der Waals surface area contributed by atoms with Gasteiger partial charge in [-0.15, -0.1) is 0 Å². The van der Waals surface area contributed by atoms with Crippen LogP contribution in [0.25, 0.3) is 0 Å². The highest BCUT2D eigenvalue weighted by Crippen LogP contribution is 2.20. The fourth-order valence-corrected chi connectivity index (χ4v) is 3.67. The molecule has 5 nitrogen and oxygen atoms in total. The van der Waals surface area contributed by atoms with Crippen LogP contribution in [0.15, 0.2) is 41.3 Å². The Labute approximate surface area is 149 Å². The second-order valence-corrected chi connectivity index (χ2v) is 8.02. The maximum atomic E-state index is 12.2. The summed E-state index contributed by atoms with van der Waals surface area (Å²) >= 11 is 0. The molecule has 0 atom stereocenters. The monoisotopic (exact) mass is 360 g/mol. The van der Waals surface area contributed by atoms with Gasteiger partial charge in [0, 0.05) is 12.1 Å². The first-order valence-electron chi connectivity index (χ1n) is 8.13. The van der Waals surface area contributed by atoms with Crippen LogP contribution in [0.4, 0.5) is 5.69 Å². The topological polar surface area (TPSA) is 75.3 Å². The molecule has 2 aromatic rings. The maximum Gasteiger partial charge on any atom is 0.240 e. The predicted molar refractivity (Wildman–Crippen MR) is 100 cm³/mol. The number of nitrogens with one attached hydrogen (secondary N) is 2. The van der Waals surface area contributed by atoms with Gasteiger partial charge in [-0.2, -0.15) is 0 Å². The van der Waals surface area contributed by atoms with E-state index >= 15 is 0 Å². The highest BCUT2D eigenvalue weighted by atomic mass is 32.2. The highest BCUT2D eigenvalue weighted by molar-refractivity contribution is 7.89. The zero-order valence-electron chi connectivity index (χ0n) is 15.0. The minimum atomic E-state index is -3.55. The van der Waals surface area contributed by atoms with Crippen LogP contribution in [0.3, 0.4) is 0 Å². The summed E-state index contributed by atoms with van der Waals surface area (Å²) in [7, 11) is -2.19. The van der Waals surface area contributed by atoms with Gasteiger partial charge in [-0.3, -0.25) is 4.79 Å². The van der Waals surface area contributed by atoms with Gasteiger partial charge in [0.1, 0.15) is 0 Å². The van der Waals surface area contributed by atoms with Gasteiger partial charge in [0.25, 0.3) is 0 Å². The Morgan fingerprint density at radius 3 is 2.36 bits per heavy atom. The van der Waals surface area contributed by atoms with Crippen LogP contribution in [0.5, 0.6) is 0 Å². The van der Waals surface area contributed by atoms with E-state index in [0.29, 0.717) is 24.1 Å². The third-order valence-corrected chi connectivity index (χ3v) is 5.71. The maximum absolute atomic E-state index is 12.2. The van der Waals surface area contributed by atoms with Crippen molar-refractivity contribution in [1.29, 1.82) is 0 Å². The van der Waals surface area contributed by atoms with Gasteiger partial charge in [-0.05, 0) is 63.1 Å². The molecule has 0 unspecified atom stereocenters. The Bertz CT molecular complexity index is 890. The standard InChI is InChI=1S/C19H24N2O3S/c1-13-5-7-16(15(3)11-13)8-10-19(22)21-17-9-6-14(2)18(12-17)25(23,24)20-4/h5-7,9,11-12,20H,8,10H2,1-4H3,(H,21,22). The molecule has 2 aromatic carbocycles. The number of benzene rings is 2. The summed E-state index contributed by atoms with van der Waals surface area (Å²) in [6.45, 7) is 5.79. The first kappa shape index (κ1) is 19.1. The number of amides is 1. The molecule has 0 saturated heterocycles. The molecule has 0 radical (unpaired) electrons. The number of carbonyl (C=O) groups excluding carboxylic acids is 1. The van der Waals surface area contributed by atoms with Gasteiger partial charge in [-0.1, -0.05) is 29.8 Å². The zero-order valence-corrected chi connectivity index (χ0v) is 15.8. The Morgan fingerprint density at radius 1 is 1.00 bits per heavy atom. The van der Waals surface area contributed by atoms with E-state index in [1.807, 2.05) is 26.0 Å². The number of carbonyl (C=O) groups is 1. The SMILES string of the molecule is CNS(=O)(=O)c1cc(NC(=O)CCc2ccc(C)cc2C)ccc1C. The molecule has 0 aliphatic carbocycles. The van der Waals surface area contributed by atoms with Gasteiger partial charge in [0.15, 0.2) is 0 Å². The van der Waals surface area contributed by atoms with Crippen LogP contribution in [-0.2, 0) is 21.2 Å². The van der Waals surface area contributed by atoms with Crippen molar-refractivity contribution in [3.05, 3.63) is 58.7 Å². The fourth-order valence-electron chi connectivity index (χ4n) is 2.68. The molecule has 0 fully saturated rings. The number of sulfonamides is 1. The molecule has 0 aliphatic rings. The lowest BCUT2D eigenvalue weighted by Gasteiger charge is -2.11. The molecular formula is C19H24N2O3S. The first-order chi connectivity index (χ1) is 11.7. The van der Waals surface area contributed by atoms with Crippen molar-refractivity contribution in [3.8, 4) is 0 Å². The molecule has 0 aliphatic heterocycles. The van der Waals surface area contributed by atoms with Gasteiger partial charge >= 0.3 is 0 Å². The summed E-state index contributed by atoms with van der Waals surface area (Å²) in [5, 5.41) is 2.78. The third-order valence-electron chi connectivity index (χ3n) is 4.15. The molecular weight excluding hydrogens is 336 g/mol. The second kappa shape index (κ2) is 7.80. The fraction of sp³-hybridized carbons (Fsp3) is 0.316. The van der Waals surface area contributed by atoms with Crippen molar-refractivity contribution < 1.29 is 13.2 Å². The van der Waals surface area contributed by atoms with Gasteiger partial charge in [-0.25, -0.2) is 13.1 Å². The van der Waals surface area contributed by atoms with E-state index in [-0.39, 0.29) is 10.8 Å². The normalized spacial score (nSPS) is 11.4. The van der Waals surface area contributed by atoms with Gasteiger partial charge < -0.3 is 5.32 Å². The molecule has 6 heteroatoms. The number of hydrogen-bond acceptors (Lipinski definition) is 3. The Morgan fingerprint density at radius 2 is 1.72 bits per heavy atom. The molecule has 0 heterocycles. The van der Waals surface area contributed by atoms with Crippen LogP contribution in [0.1, 0.15) is 28.7 Å². The lowest BCUT2D eigenvalue weighted by Crippen LogP contribution is -2.20. The summed E-state index contributed by atoms with van der Waals surface area (Å²) in [5.74, 6) is -0.142. The minimum absolute atomic E-state index is 0.142. The minimum Gasteiger partial charge on any atom is -0.326 e. The largest absolute Gasteiger partial charge is 0.326 e. The van der Waals surface area contributed by atoms with Crippen LogP contribution < -0.4 is 10.0 Å². The molecule has 0 aromatic heterocycles. The van der Waals surface area contributed by atoms with Crippen molar-refractivity contribution in [2.24, 2.45) is 0 Å². The molecule has 1 amide bonds. The molecule has 0 spiro atoms. The quantitative estimate of drug-likeness (QED) is 0.831. The zero-order chi connectivity index (χ0) is 18.6. The summed E-state index contributed by atoms with van der Waals surface area (Å²) < 4.78 is 26.3. The smallest absolute Gasteiger partial charge is 0.240 e. The highest BCUT2D eigenvalue weighted by Gasteiger charge is 2.15. The van der Waals surface area contributed by atoms with E-state index in [4.69, 9.17) is 0 Å². The van der Waals surface area contributed by atoms with Gasteiger partial charge in [0.2, 0.25) is 15.9 Å². The third kappa shape index (κ3) is 4.90. The Hall–Kier alpha value is -2.18. The summed E-state index contributed by atoms with van der Waals surface area (Å²) in [5.41, 5.74) is 4.62. The van der Waals surface area contributed by atoms with Crippen LogP contribution in [-0.4, -0.2) is 21.4 Å². The molecule has 2 N–H and O–H groups in total. The number of anilines is 1. The van der Waals surface area contributed by atoms with E-state index < -0.39 is 10.0 Å². The lowest BCUT2D eigenvalue weighted by molar-refractivity contribution is -0.116. The molecule has 134 valence electrons. The summed E-state index contributed by atoms with van der Waals surface area (Å²) in [6, 6.07) is 11.1. The van der Waals surface area contributed by atoms with E-state index in [1.165, 1.54) is 24.2 Å². The summed E-state index contributed by atoms with van der Waals surface area (Å²) in [4.78, 5) is 12.4. The predicted octanol–water partition coefficient (Wildman–Crippen LogP) is 3.09. The van der Waals surface area contributed by atoms with E-state index in [0.717, 1.165) is 5.56 Å². The number of aryl methyl sites for hydroxylation is 4. The summed E-state index contributed by atoms with van der Waals surface area (Å²) in [6.07, 6.45) is 0.983. The number of rotatable bonds is 6. The van der Waals surface area contributed by atoms with Crippen molar-refractivity contribution in [2.45, 2.75) is 38.5 Å². The van der Waals surface area contributed by atoms with E-state index in [2.05, 4.69) is 16.1 Å². The van der Waals surface area contributed by atoms with Crippen molar-refractivity contribution in [3.63, 3.8) is 0 Å². The van der Waals surface area contributed by atoms with E-state index in [9.17, 15) is 13.2 Å². The van der Waals surface area contributed by atoms with Crippen LogP contribution in [0.2, 0.25) is 0 Å². The average molecular weight is 360 g/mol. The number of hydrogen-bond donors (Lipinski definition) is 2. The second-order valence-electron chi connectivity index (χ2n) is 6.17. The molecule has 2 rings (SSSR count).